The molecule has 2 aromatic rings. The number of aromatic nitrogens is 2. The number of aliphatic hydroxyl groups is 2. The maximum absolute atomic E-state index is 13.4. The molecule has 2 bridgehead atoms. The number of fused-ring (bicyclic) bond motifs is 4. The molecule has 5 rings (SSSR count). The Hall–Kier alpha value is -3.65. The minimum absolute atomic E-state index is 0.152. The summed E-state index contributed by atoms with van der Waals surface area (Å²) in [6.45, 7) is 0.574. The molecule has 1 saturated carbocycles. The molecule has 0 spiro atoms. The first kappa shape index (κ1) is 26.0. The quantitative estimate of drug-likeness (QED) is 0.401. The molecule has 38 heavy (non-hydrogen) atoms. The third-order valence-corrected chi connectivity index (χ3v) is 6.76. The number of hydrogen-bond acceptors (Lipinski definition) is 8. The Morgan fingerprint density at radius 2 is 2.00 bits per heavy atom. The summed E-state index contributed by atoms with van der Waals surface area (Å²) in [6.07, 6.45) is -2.80. The second-order valence-corrected chi connectivity index (χ2v) is 9.58. The molecule has 2 fully saturated rings. The molecular weight excluding hydrogens is 509 g/mol. The fraction of sp³-hybridized carbons (Fsp3) is 0.500. The fourth-order valence-corrected chi connectivity index (χ4v) is 4.69. The molecule has 14 heteroatoms. The molecule has 3 amide bonds. The van der Waals surface area contributed by atoms with Crippen LogP contribution in [-0.2, 0) is 0 Å². The highest BCUT2D eigenvalue weighted by Gasteiger charge is 2.50. The molecule has 1 aliphatic carbocycles. The smallest absolute Gasteiger partial charge is 0.408 e. The standard InChI is InChI=1S/C24H27F3N6O5/c25-24(26,27)20(13-1-2-13)31-22(36)17-3-4-18-21(29-17)33(14-6-8-32(18)10-14)23(37)30-19-9-16(5-7-28-19)38-12-15(35)11-34/h3-5,7,9,13-15,20,34-35H,1-2,6,8,10-12H2,(H,31,36)(H,28,30,37)/t14-,15?,20+/m0/s1. The number of hydrogen-bond donors (Lipinski definition) is 4. The Kier molecular flexibility index (Phi) is 7.01. The van der Waals surface area contributed by atoms with Gasteiger partial charge in [0.05, 0.1) is 18.3 Å². The number of alkyl halides is 3. The number of amides is 3. The highest BCUT2D eigenvalue weighted by Crippen LogP contribution is 2.41. The monoisotopic (exact) mass is 536 g/mol. The first-order chi connectivity index (χ1) is 18.1. The molecule has 1 unspecified atom stereocenters. The van der Waals surface area contributed by atoms with E-state index >= 15 is 0 Å². The molecule has 3 atom stereocenters. The van der Waals surface area contributed by atoms with Crippen molar-refractivity contribution in [1.29, 1.82) is 0 Å². The average molecular weight is 537 g/mol. The first-order valence-corrected chi connectivity index (χ1v) is 12.3. The van der Waals surface area contributed by atoms with Gasteiger partial charge in [0.15, 0.2) is 5.82 Å². The molecule has 1 saturated heterocycles. The van der Waals surface area contributed by atoms with E-state index in [1.54, 1.807) is 6.07 Å². The molecule has 11 nitrogen and oxygen atoms in total. The Morgan fingerprint density at radius 1 is 1.21 bits per heavy atom. The van der Waals surface area contributed by atoms with Crippen LogP contribution in [0.25, 0.3) is 0 Å². The van der Waals surface area contributed by atoms with Gasteiger partial charge in [-0.1, -0.05) is 0 Å². The van der Waals surface area contributed by atoms with E-state index in [2.05, 4.69) is 20.6 Å². The van der Waals surface area contributed by atoms with Gasteiger partial charge in [-0.25, -0.2) is 14.8 Å². The number of halogens is 3. The van der Waals surface area contributed by atoms with Crippen molar-refractivity contribution in [2.75, 3.05) is 41.4 Å². The number of ether oxygens (including phenoxy) is 1. The van der Waals surface area contributed by atoms with Gasteiger partial charge in [-0.05, 0) is 43.4 Å². The van der Waals surface area contributed by atoms with Crippen LogP contribution >= 0.6 is 0 Å². The van der Waals surface area contributed by atoms with Gasteiger partial charge in [0.1, 0.15) is 36.0 Å². The van der Waals surface area contributed by atoms with Crippen LogP contribution in [0.1, 0.15) is 29.8 Å². The zero-order valence-electron chi connectivity index (χ0n) is 20.2. The molecule has 2 aliphatic heterocycles. The third-order valence-electron chi connectivity index (χ3n) is 6.76. The number of rotatable bonds is 8. The number of carbonyl (C=O) groups is 2. The molecule has 2 aromatic heterocycles. The Labute approximate surface area is 215 Å². The molecule has 0 radical (unpaired) electrons. The van der Waals surface area contributed by atoms with E-state index in [9.17, 15) is 27.9 Å². The van der Waals surface area contributed by atoms with Gasteiger partial charge in [-0.2, -0.15) is 13.2 Å². The summed E-state index contributed by atoms with van der Waals surface area (Å²) in [4.78, 5) is 38.0. The van der Waals surface area contributed by atoms with Crippen molar-refractivity contribution in [3.63, 3.8) is 0 Å². The van der Waals surface area contributed by atoms with E-state index in [1.807, 2.05) is 4.90 Å². The van der Waals surface area contributed by atoms with Crippen LogP contribution in [0.4, 0.5) is 35.3 Å². The molecule has 4 N–H and O–H groups in total. The summed E-state index contributed by atoms with van der Waals surface area (Å²) >= 11 is 0. The molecule has 4 heterocycles. The average Bonchev–Trinajstić information content (AvgIpc) is 3.64. The third kappa shape index (κ3) is 5.45. The lowest BCUT2D eigenvalue weighted by molar-refractivity contribution is -0.158. The van der Waals surface area contributed by atoms with Crippen molar-refractivity contribution in [2.45, 2.75) is 43.6 Å². The van der Waals surface area contributed by atoms with E-state index in [4.69, 9.17) is 9.84 Å². The van der Waals surface area contributed by atoms with Crippen molar-refractivity contribution in [1.82, 2.24) is 15.3 Å². The highest BCUT2D eigenvalue weighted by atomic mass is 19.4. The predicted molar refractivity (Wildman–Crippen MR) is 129 cm³/mol. The van der Waals surface area contributed by atoms with E-state index in [1.165, 1.54) is 29.3 Å². The van der Waals surface area contributed by atoms with Crippen LogP contribution in [0.15, 0.2) is 30.5 Å². The number of anilines is 3. The van der Waals surface area contributed by atoms with Crippen LogP contribution in [0.3, 0.4) is 0 Å². The summed E-state index contributed by atoms with van der Waals surface area (Å²) in [5, 5.41) is 23.2. The normalized spacial score (nSPS) is 20.0. The summed E-state index contributed by atoms with van der Waals surface area (Å²) in [7, 11) is 0. The second-order valence-electron chi connectivity index (χ2n) is 9.58. The van der Waals surface area contributed by atoms with Gasteiger partial charge in [-0.3, -0.25) is 15.0 Å². The van der Waals surface area contributed by atoms with Gasteiger partial charge in [0.2, 0.25) is 0 Å². The summed E-state index contributed by atoms with van der Waals surface area (Å²) < 4.78 is 45.7. The summed E-state index contributed by atoms with van der Waals surface area (Å²) in [5.74, 6) is -0.954. The van der Waals surface area contributed by atoms with Crippen molar-refractivity contribution in [3.8, 4) is 5.75 Å². The maximum atomic E-state index is 13.4. The minimum Gasteiger partial charge on any atom is -0.491 e. The Balaban J connectivity index is 1.36. The SMILES string of the molecule is O=C(N[C@H](C1CC1)C(F)(F)F)c1ccc2c(n1)N(C(=O)Nc1cc(OCC(O)CO)ccn1)[C@H]1CCN2C1. The fourth-order valence-electron chi connectivity index (χ4n) is 4.69. The van der Waals surface area contributed by atoms with Gasteiger partial charge < -0.3 is 25.2 Å². The van der Waals surface area contributed by atoms with E-state index < -0.39 is 42.8 Å². The van der Waals surface area contributed by atoms with Crippen LogP contribution in [0.5, 0.6) is 5.75 Å². The van der Waals surface area contributed by atoms with Gasteiger partial charge in [-0.15, -0.1) is 0 Å². The Morgan fingerprint density at radius 3 is 2.71 bits per heavy atom. The van der Waals surface area contributed by atoms with E-state index in [0.717, 1.165) is 0 Å². The molecule has 204 valence electrons. The highest BCUT2D eigenvalue weighted by molar-refractivity contribution is 6.05. The number of nitrogens with zero attached hydrogens (tertiary/aromatic N) is 4. The van der Waals surface area contributed by atoms with Crippen molar-refractivity contribution in [2.24, 2.45) is 5.92 Å². The van der Waals surface area contributed by atoms with Gasteiger partial charge in [0, 0.05) is 25.4 Å². The summed E-state index contributed by atoms with van der Waals surface area (Å²) in [5.41, 5.74) is 0.387. The zero-order chi connectivity index (χ0) is 27.0. The number of pyridine rings is 2. The topological polar surface area (TPSA) is 140 Å². The van der Waals surface area contributed by atoms with Crippen LogP contribution < -0.4 is 25.2 Å². The van der Waals surface area contributed by atoms with Crippen LogP contribution in [0, 0.1) is 5.92 Å². The van der Waals surface area contributed by atoms with Crippen LogP contribution in [0.2, 0.25) is 0 Å². The summed E-state index contributed by atoms with van der Waals surface area (Å²) in [6, 6.07) is 3.15. The number of aliphatic hydroxyl groups excluding tert-OH is 2. The lowest BCUT2D eigenvalue weighted by Crippen LogP contribution is -2.49. The number of urea groups is 1. The van der Waals surface area contributed by atoms with E-state index in [-0.39, 0.29) is 30.0 Å². The molecular formula is C24H27F3N6O5. The zero-order valence-corrected chi connectivity index (χ0v) is 20.2. The van der Waals surface area contributed by atoms with Crippen molar-refractivity contribution >= 4 is 29.3 Å². The number of carbonyl (C=O) groups excluding carboxylic acids is 2. The van der Waals surface area contributed by atoms with Crippen LogP contribution in [-0.4, -0.2) is 82.8 Å². The largest absolute Gasteiger partial charge is 0.491 e. The lowest BCUT2D eigenvalue weighted by Gasteiger charge is -2.35. The minimum atomic E-state index is -4.57. The lowest BCUT2D eigenvalue weighted by atomic mass is 10.1. The molecule has 0 aromatic carbocycles. The Bertz CT molecular complexity index is 1210. The second kappa shape index (κ2) is 10.3. The van der Waals surface area contributed by atoms with Crippen molar-refractivity contribution < 1.29 is 37.7 Å². The molecule has 3 aliphatic rings. The van der Waals surface area contributed by atoms with Gasteiger partial charge >= 0.3 is 12.2 Å². The van der Waals surface area contributed by atoms with Gasteiger partial charge in [0.25, 0.3) is 5.91 Å². The van der Waals surface area contributed by atoms with Crippen molar-refractivity contribution in [3.05, 3.63) is 36.2 Å². The van der Waals surface area contributed by atoms with E-state index in [0.29, 0.717) is 43.8 Å². The maximum Gasteiger partial charge on any atom is 0.408 e. The number of nitrogens with one attached hydrogen (secondary N) is 2. The first-order valence-electron chi connectivity index (χ1n) is 12.3. The predicted octanol–water partition coefficient (Wildman–Crippen LogP) is 1.91.